The molecule has 1 aliphatic heterocycles. The summed E-state index contributed by atoms with van der Waals surface area (Å²) >= 11 is 3.78. The first-order valence-corrected chi connectivity index (χ1v) is 10.0. The highest BCUT2D eigenvalue weighted by Gasteiger charge is 2.16. The number of halogens is 1. The van der Waals surface area contributed by atoms with Crippen LogP contribution in [0.25, 0.3) is 4.91 Å². The number of rotatable bonds is 2. The van der Waals surface area contributed by atoms with Crippen LogP contribution in [0.3, 0.4) is 0 Å². The van der Waals surface area contributed by atoms with E-state index >= 15 is 0 Å². The number of hydrogen-bond acceptors (Lipinski definition) is 1. The Morgan fingerprint density at radius 3 is 1.94 bits per heavy atom. The van der Waals surface area contributed by atoms with Crippen LogP contribution < -0.4 is 0 Å². The third-order valence-corrected chi connectivity index (χ3v) is 7.85. The molecule has 1 unspecified atom stereocenters. The molecule has 0 aromatic heterocycles. The summed E-state index contributed by atoms with van der Waals surface area (Å²) in [7, 11) is 1.95. The Morgan fingerprint density at radius 2 is 1.33 bits per heavy atom. The van der Waals surface area contributed by atoms with E-state index in [9.17, 15) is 0 Å². The van der Waals surface area contributed by atoms with E-state index in [4.69, 9.17) is 0 Å². The molecule has 2 aromatic carbocycles. The number of allylic oxidation sites excluding steroid dienone is 1. The van der Waals surface area contributed by atoms with Crippen LogP contribution in [0.1, 0.15) is 11.1 Å². The quantitative estimate of drug-likeness (QED) is 0.517. The molecule has 3 heteroatoms. The van der Waals surface area contributed by atoms with Crippen molar-refractivity contribution < 1.29 is 0 Å². The molecule has 0 spiro atoms. The first-order chi connectivity index (χ1) is 8.84. The van der Waals surface area contributed by atoms with Crippen LogP contribution in [0.5, 0.6) is 0 Å². The van der Waals surface area contributed by atoms with Gasteiger partial charge in [-0.1, -0.05) is 71.5 Å². The van der Waals surface area contributed by atoms with Crippen LogP contribution in [0.15, 0.2) is 66.7 Å². The van der Waals surface area contributed by atoms with Gasteiger partial charge in [0.1, 0.15) is 0 Å². The molecule has 0 aliphatic carbocycles. The molecule has 0 fully saturated rings. The lowest BCUT2D eigenvalue weighted by Crippen LogP contribution is -1.91. The molecule has 1 aliphatic rings. The standard InChI is InChI=1S/C15H11BrS2/c16-18-15(13-9-5-2-6-10-13)11-14(17-18)12-7-3-1-4-8-12/h1-11H. The molecule has 2 aromatic rings. The normalized spacial score (nSPS) is 18.8. The van der Waals surface area contributed by atoms with Gasteiger partial charge >= 0.3 is 0 Å². The fourth-order valence-electron chi connectivity index (χ4n) is 1.83. The van der Waals surface area contributed by atoms with Crippen molar-refractivity contribution in [2.45, 2.75) is 0 Å². The van der Waals surface area contributed by atoms with Crippen LogP contribution in [0.2, 0.25) is 0 Å². The minimum Gasteiger partial charge on any atom is -0.0622 e. The molecular weight excluding hydrogens is 324 g/mol. The molecule has 0 radical (unpaired) electrons. The predicted octanol–water partition coefficient (Wildman–Crippen LogP) is 5.49. The molecule has 90 valence electrons. The molecule has 0 saturated heterocycles. The molecule has 0 saturated carbocycles. The number of hydrogen-bond donors (Lipinski definition) is 0. The maximum atomic E-state index is 3.78. The Labute approximate surface area is 121 Å². The van der Waals surface area contributed by atoms with E-state index in [-0.39, 0.29) is 7.95 Å². The first kappa shape index (κ1) is 12.3. The van der Waals surface area contributed by atoms with Gasteiger partial charge in [0.15, 0.2) is 0 Å². The summed E-state index contributed by atoms with van der Waals surface area (Å²) in [5, 5.41) is 0. The lowest BCUT2D eigenvalue weighted by atomic mass is 10.1. The van der Waals surface area contributed by atoms with E-state index in [2.05, 4.69) is 81.6 Å². The molecule has 0 amide bonds. The van der Waals surface area contributed by atoms with Gasteiger partial charge in [0.2, 0.25) is 0 Å². The van der Waals surface area contributed by atoms with Gasteiger partial charge in [0.05, 0.1) is 0 Å². The van der Waals surface area contributed by atoms with Gasteiger partial charge in [-0.2, -0.15) is 0 Å². The summed E-state index contributed by atoms with van der Waals surface area (Å²) in [5.41, 5.74) is 2.60. The van der Waals surface area contributed by atoms with E-state index in [1.165, 1.54) is 20.9 Å². The summed E-state index contributed by atoms with van der Waals surface area (Å²) in [5.74, 6) is 0. The fraction of sp³-hybridized carbons (Fsp3) is 0. The van der Waals surface area contributed by atoms with Gasteiger partial charge in [0.25, 0.3) is 0 Å². The summed E-state index contributed by atoms with van der Waals surface area (Å²) in [6.45, 7) is 0. The Bertz CT molecular complexity index is 615. The van der Waals surface area contributed by atoms with Crippen LogP contribution in [0.4, 0.5) is 0 Å². The third-order valence-electron chi connectivity index (χ3n) is 2.71. The fourth-order valence-corrected chi connectivity index (χ4v) is 6.81. The molecule has 0 bridgehead atoms. The van der Waals surface area contributed by atoms with Crippen LogP contribution in [-0.2, 0) is 0 Å². The lowest BCUT2D eigenvalue weighted by Gasteiger charge is -2.00. The molecule has 1 atom stereocenters. The second-order valence-corrected chi connectivity index (χ2v) is 10.1. The maximum absolute atomic E-state index is 3.78. The van der Waals surface area contributed by atoms with Gasteiger partial charge in [-0.15, -0.1) is 0 Å². The summed E-state index contributed by atoms with van der Waals surface area (Å²) < 4.78 is 0. The van der Waals surface area contributed by atoms with Gasteiger partial charge in [-0.05, 0) is 40.0 Å². The molecule has 0 N–H and O–H groups in total. The van der Waals surface area contributed by atoms with Crippen molar-refractivity contribution in [1.29, 1.82) is 0 Å². The van der Waals surface area contributed by atoms with Crippen molar-refractivity contribution in [2.75, 3.05) is 0 Å². The summed E-state index contributed by atoms with van der Waals surface area (Å²) in [6, 6.07) is 21.1. The van der Waals surface area contributed by atoms with E-state index in [1.807, 2.05) is 10.8 Å². The van der Waals surface area contributed by atoms with Gasteiger partial charge in [0, 0.05) is 9.77 Å². The molecule has 3 rings (SSSR count). The van der Waals surface area contributed by atoms with Crippen LogP contribution >= 0.6 is 33.6 Å². The van der Waals surface area contributed by atoms with Crippen molar-refractivity contribution in [2.24, 2.45) is 0 Å². The van der Waals surface area contributed by atoms with E-state index in [0.717, 1.165) is 0 Å². The molecule has 0 nitrogen and oxygen atoms in total. The number of benzene rings is 2. The monoisotopic (exact) mass is 334 g/mol. The second-order valence-electron chi connectivity index (χ2n) is 3.91. The average molecular weight is 335 g/mol. The lowest BCUT2D eigenvalue weighted by molar-refractivity contribution is 1.65. The summed E-state index contributed by atoms with van der Waals surface area (Å²) in [4.78, 5) is 2.72. The van der Waals surface area contributed by atoms with E-state index in [1.54, 1.807) is 0 Å². The minimum atomic E-state index is 0.0611. The predicted molar refractivity (Wildman–Crippen MR) is 89.1 cm³/mol. The van der Waals surface area contributed by atoms with Crippen molar-refractivity contribution >= 4 is 43.3 Å². The highest BCUT2D eigenvalue weighted by molar-refractivity contribution is 9.65. The van der Waals surface area contributed by atoms with E-state index in [0.29, 0.717) is 0 Å². The second kappa shape index (κ2) is 5.47. The summed E-state index contributed by atoms with van der Waals surface area (Å²) in [6.07, 6.45) is 2.30. The Balaban J connectivity index is 1.97. The van der Waals surface area contributed by atoms with Gasteiger partial charge in [-0.3, -0.25) is 0 Å². The van der Waals surface area contributed by atoms with Gasteiger partial charge < -0.3 is 0 Å². The smallest absolute Gasteiger partial charge is 0.0272 e. The van der Waals surface area contributed by atoms with Crippen molar-refractivity contribution in [1.82, 2.24) is 0 Å². The van der Waals surface area contributed by atoms with Crippen molar-refractivity contribution in [3.05, 3.63) is 77.9 Å². The largest absolute Gasteiger partial charge is 0.0622 e. The van der Waals surface area contributed by atoms with Crippen molar-refractivity contribution in [3.63, 3.8) is 0 Å². The topological polar surface area (TPSA) is 0 Å². The SMILES string of the molecule is BrS1=C(c2ccccc2)C=C(c2ccccc2)S1. The van der Waals surface area contributed by atoms with Crippen LogP contribution in [-0.4, -0.2) is 4.86 Å². The zero-order valence-corrected chi connectivity index (χ0v) is 12.8. The zero-order chi connectivity index (χ0) is 12.4. The highest BCUT2D eigenvalue weighted by Crippen LogP contribution is 2.53. The highest BCUT2D eigenvalue weighted by atomic mass is 79.9. The first-order valence-electron chi connectivity index (χ1n) is 5.63. The van der Waals surface area contributed by atoms with E-state index < -0.39 is 0 Å². The molecule has 1 heterocycles. The third kappa shape index (κ3) is 2.48. The Kier molecular flexibility index (Phi) is 3.73. The Morgan fingerprint density at radius 1 is 0.778 bits per heavy atom. The molecule has 18 heavy (non-hydrogen) atoms. The Hall–Kier alpha value is -0.770. The molecular formula is C15H11BrS2. The average Bonchev–Trinajstić information content (AvgIpc) is 2.83. The van der Waals surface area contributed by atoms with Crippen molar-refractivity contribution in [3.8, 4) is 0 Å². The zero-order valence-electron chi connectivity index (χ0n) is 9.55. The van der Waals surface area contributed by atoms with Crippen LogP contribution in [0, 0.1) is 0 Å². The minimum absolute atomic E-state index is 0.0611. The maximum Gasteiger partial charge on any atom is 0.0272 e. The van der Waals surface area contributed by atoms with Gasteiger partial charge in [-0.25, -0.2) is 0 Å².